The van der Waals surface area contributed by atoms with E-state index in [-0.39, 0.29) is 11.5 Å². The molecule has 2 heteroatoms. The maximum atomic E-state index is 10.8. The second-order valence-electron chi connectivity index (χ2n) is 11.3. The zero-order valence-electron chi connectivity index (χ0n) is 21.6. The molecule has 0 amide bonds. The summed E-state index contributed by atoms with van der Waals surface area (Å²) in [5.41, 5.74) is 4.23. The van der Waals surface area contributed by atoms with Gasteiger partial charge in [0, 0.05) is 11.1 Å². The Morgan fingerprint density at radius 2 is 1.06 bits per heavy atom. The number of benzene rings is 2. The van der Waals surface area contributed by atoms with Gasteiger partial charge in [-0.3, -0.25) is 0 Å². The lowest BCUT2D eigenvalue weighted by Gasteiger charge is -2.29. The van der Waals surface area contributed by atoms with Crippen molar-refractivity contribution >= 4 is 0 Å². The number of phenols is 2. The molecule has 0 atom stereocenters. The summed E-state index contributed by atoms with van der Waals surface area (Å²) in [6.07, 6.45) is 18.3. The van der Waals surface area contributed by atoms with E-state index in [1.165, 1.54) is 101 Å². The molecular weight excluding hydrogens is 416 g/mol. The van der Waals surface area contributed by atoms with Crippen molar-refractivity contribution in [3.05, 3.63) is 47.5 Å². The first kappa shape index (κ1) is 25.1. The third-order valence-electron chi connectivity index (χ3n) is 8.88. The number of phenolic OH excluding ortho intramolecular Hbond substituents is 2. The van der Waals surface area contributed by atoms with Crippen LogP contribution in [0.5, 0.6) is 11.5 Å². The van der Waals surface area contributed by atoms with E-state index in [4.69, 9.17) is 0 Å². The molecule has 2 N–H and O–H groups in total. The lowest BCUT2D eigenvalue weighted by Crippen LogP contribution is -2.13. The minimum absolute atomic E-state index is 0.274. The predicted octanol–water partition coefficient (Wildman–Crippen LogP) is 9.69. The van der Waals surface area contributed by atoms with Gasteiger partial charge < -0.3 is 10.2 Å². The van der Waals surface area contributed by atoms with E-state index in [0.29, 0.717) is 11.8 Å². The maximum Gasteiger partial charge on any atom is 0.123 e. The van der Waals surface area contributed by atoms with E-state index in [0.717, 1.165) is 23.0 Å². The highest BCUT2D eigenvalue weighted by molar-refractivity contribution is 5.76. The summed E-state index contributed by atoms with van der Waals surface area (Å²) in [6.45, 7) is 4.57. The fourth-order valence-corrected chi connectivity index (χ4v) is 6.71. The molecule has 0 saturated heterocycles. The smallest absolute Gasteiger partial charge is 0.123 e. The minimum Gasteiger partial charge on any atom is -0.507 e. The van der Waals surface area contributed by atoms with Gasteiger partial charge in [0.1, 0.15) is 11.5 Å². The molecular formula is C32H46O2. The van der Waals surface area contributed by atoms with Crippen molar-refractivity contribution in [3.8, 4) is 22.6 Å². The normalized spacial score (nSPS) is 25.4. The molecule has 34 heavy (non-hydrogen) atoms. The molecule has 2 aliphatic rings. The first-order chi connectivity index (χ1) is 16.6. The largest absolute Gasteiger partial charge is 0.507 e. The minimum atomic E-state index is 0.274. The third kappa shape index (κ3) is 6.18. The van der Waals surface area contributed by atoms with Gasteiger partial charge in [-0.2, -0.15) is 0 Å². The third-order valence-corrected chi connectivity index (χ3v) is 8.88. The van der Waals surface area contributed by atoms with E-state index >= 15 is 0 Å². The molecule has 0 spiro atoms. The van der Waals surface area contributed by atoms with Crippen LogP contribution in [-0.2, 0) is 0 Å². The van der Waals surface area contributed by atoms with Crippen LogP contribution in [0.2, 0.25) is 0 Å². The van der Waals surface area contributed by atoms with Crippen LogP contribution in [0.3, 0.4) is 0 Å². The van der Waals surface area contributed by atoms with Gasteiger partial charge in [0.05, 0.1) is 0 Å². The monoisotopic (exact) mass is 462 g/mol. The SMILES string of the molecule is CCCCCC1CCC(c2ccc(O)c(-c3cc(C4CCC(CCC)CC4)ccc3O)c2)CC1. The summed E-state index contributed by atoms with van der Waals surface area (Å²) in [4.78, 5) is 0. The lowest BCUT2D eigenvalue weighted by molar-refractivity contribution is 0.302. The molecule has 4 rings (SSSR count). The predicted molar refractivity (Wildman–Crippen MR) is 144 cm³/mol. The molecule has 0 bridgehead atoms. The highest BCUT2D eigenvalue weighted by Crippen LogP contribution is 2.44. The molecule has 2 saturated carbocycles. The average molecular weight is 463 g/mol. The molecule has 2 nitrogen and oxygen atoms in total. The van der Waals surface area contributed by atoms with Crippen molar-refractivity contribution in [2.45, 2.75) is 116 Å². The van der Waals surface area contributed by atoms with Crippen LogP contribution < -0.4 is 0 Å². The number of hydrogen-bond donors (Lipinski definition) is 2. The van der Waals surface area contributed by atoms with Gasteiger partial charge in [0.15, 0.2) is 0 Å². The summed E-state index contributed by atoms with van der Waals surface area (Å²) >= 11 is 0. The topological polar surface area (TPSA) is 40.5 Å². The van der Waals surface area contributed by atoms with Crippen LogP contribution >= 0.6 is 0 Å². The maximum absolute atomic E-state index is 10.8. The van der Waals surface area contributed by atoms with Crippen molar-refractivity contribution in [2.24, 2.45) is 11.8 Å². The zero-order valence-corrected chi connectivity index (χ0v) is 21.6. The molecule has 0 heterocycles. The van der Waals surface area contributed by atoms with Gasteiger partial charge in [-0.05, 0) is 110 Å². The van der Waals surface area contributed by atoms with E-state index in [2.05, 4.69) is 38.1 Å². The van der Waals surface area contributed by atoms with Gasteiger partial charge in [-0.15, -0.1) is 0 Å². The number of hydrogen-bond acceptors (Lipinski definition) is 2. The highest BCUT2D eigenvalue weighted by atomic mass is 16.3. The summed E-state index contributed by atoms with van der Waals surface area (Å²) < 4.78 is 0. The Kier molecular flexibility index (Phi) is 8.98. The first-order valence-electron chi connectivity index (χ1n) is 14.2. The number of rotatable bonds is 9. The van der Waals surface area contributed by atoms with Crippen LogP contribution in [0.25, 0.3) is 11.1 Å². The van der Waals surface area contributed by atoms with Crippen molar-refractivity contribution in [1.29, 1.82) is 0 Å². The molecule has 186 valence electrons. The second-order valence-corrected chi connectivity index (χ2v) is 11.3. The van der Waals surface area contributed by atoms with Crippen molar-refractivity contribution in [3.63, 3.8) is 0 Å². The first-order valence-corrected chi connectivity index (χ1v) is 14.2. The van der Waals surface area contributed by atoms with Gasteiger partial charge in [0.25, 0.3) is 0 Å². The number of unbranched alkanes of at least 4 members (excludes halogenated alkanes) is 2. The van der Waals surface area contributed by atoms with Gasteiger partial charge in [-0.1, -0.05) is 64.5 Å². The fourth-order valence-electron chi connectivity index (χ4n) is 6.71. The summed E-state index contributed by atoms with van der Waals surface area (Å²) in [7, 11) is 0. The van der Waals surface area contributed by atoms with Crippen LogP contribution in [-0.4, -0.2) is 10.2 Å². The average Bonchev–Trinajstić information content (AvgIpc) is 2.86. The van der Waals surface area contributed by atoms with Crippen LogP contribution in [0.4, 0.5) is 0 Å². The Hall–Kier alpha value is -1.96. The molecule has 0 aliphatic heterocycles. The van der Waals surface area contributed by atoms with Gasteiger partial charge in [0.2, 0.25) is 0 Å². The molecule has 0 aromatic heterocycles. The molecule has 0 unspecified atom stereocenters. The lowest BCUT2D eigenvalue weighted by atomic mass is 9.76. The standard InChI is InChI=1S/C32H46O2/c1-3-5-6-8-24-11-15-26(16-12-24)28-18-20-32(34)30(22-28)29-21-27(17-19-31(29)33)25-13-9-23(7-4-2)10-14-25/h17-26,33-34H,3-16H2,1-2H3. The highest BCUT2D eigenvalue weighted by Gasteiger charge is 2.25. The second kappa shape index (κ2) is 12.1. The molecule has 2 aromatic rings. The summed E-state index contributed by atoms with van der Waals surface area (Å²) in [5.74, 6) is 3.47. The Bertz CT molecular complexity index is 901. The van der Waals surface area contributed by atoms with E-state index in [1.54, 1.807) is 0 Å². The van der Waals surface area contributed by atoms with Crippen LogP contribution in [0.1, 0.15) is 127 Å². The Labute approximate surface area is 207 Å². The molecule has 0 radical (unpaired) electrons. The quantitative estimate of drug-likeness (QED) is 0.364. The molecule has 2 aliphatic carbocycles. The van der Waals surface area contributed by atoms with Crippen LogP contribution in [0, 0.1) is 11.8 Å². The van der Waals surface area contributed by atoms with Crippen molar-refractivity contribution < 1.29 is 10.2 Å². The number of aromatic hydroxyl groups is 2. The summed E-state index contributed by atoms with van der Waals surface area (Å²) in [6, 6.07) is 12.2. The Morgan fingerprint density at radius 3 is 1.50 bits per heavy atom. The van der Waals surface area contributed by atoms with E-state index in [9.17, 15) is 10.2 Å². The van der Waals surface area contributed by atoms with E-state index in [1.807, 2.05) is 12.1 Å². The molecule has 2 aromatic carbocycles. The van der Waals surface area contributed by atoms with Gasteiger partial charge in [-0.25, -0.2) is 0 Å². The molecule has 2 fully saturated rings. The Balaban J connectivity index is 1.47. The van der Waals surface area contributed by atoms with Crippen molar-refractivity contribution in [2.75, 3.05) is 0 Å². The van der Waals surface area contributed by atoms with E-state index < -0.39 is 0 Å². The summed E-state index contributed by atoms with van der Waals surface area (Å²) in [5, 5.41) is 21.5. The van der Waals surface area contributed by atoms with Gasteiger partial charge >= 0.3 is 0 Å². The fraction of sp³-hybridized carbons (Fsp3) is 0.625. The zero-order chi connectivity index (χ0) is 23.9. The van der Waals surface area contributed by atoms with Crippen molar-refractivity contribution in [1.82, 2.24) is 0 Å². The Morgan fingerprint density at radius 1 is 0.588 bits per heavy atom. The van der Waals surface area contributed by atoms with Crippen LogP contribution in [0.15, 0.2) is 36.4 Å².